The van der Waals surface area contributed by atoms with Crippen LogP contribution in [0.3, 0.4) is 0 Å². The van der Waals surface area contributed by atoms with Crippen LogP contribution >= 0.6 is 0 Å². The first-order valence-electron chi connectivity index (χ1n) is 7.90. The van der Waals surface area contributed by atoms with E-state index in [2.05, 4.69) is 42.1 Å². The number of aryl methyl sites for hydroxylation is 1. The minimum atomic E-state index is 0.644. The van der Waals surface area contributed by atoms with E-state index >= 15 is 0 Å². The summed E-state index contributed by atoms with van der Waals surface area (Å²) in [6, 6.07) is 7.14. The number of likely N-dealkylation sites (tertiary alicyclic amines) is 1. The number of nitrogen functional groups attached to an aromatic ring is 1. The number of rotatable bonds is 3. The fourth-order valence-corrected chi connectivity index (χ4v) is 3.96. The van der Waals surface area contributed by atoms with E-state index in [0.717, 1.165) is 11.6 Å². The van der Waals surface area contributed by atoms with Gasteiger partial charge in [-0.15, -0.1) is 0 Å². The lowest BCUT2D eigenvalue weighted by Gasteiger charge is -2.37. The van der Waals surface area contributed by atoms with Crippen molar-refractivity contribution < 1.29 is 0 Å². The highest BCUT2D eigenvalue weighted by molar-refractivity contribution is 5.47. The summed E-state index contributed by atoms with van der Waals surface area (Å²) < 4.78 is 0. The van der Waals surface area contributed by atoms with Crippen molar-refractivity contribution in [1.29, 1.82) is 0 Å². The predicted octanol–water partition coefficient (Wildman–Crippen LogP) is 2.53. The highest BCUT2D eigenvalue weighted by Crippen LogP contribution is 2.38. The molecule has 1 fully saturated rings. The topological polar surface area (TPSA) is 32.5 Å². The number of piperidine rings is 1. The molecule has 0 radical (unpaired) electrons. The summed E-state index contributed by atoms with van der Waals surface area (Å²) >= 11 is 0. The number of nitrogens with two attached hydrogens (primary N) is 1. The van der Waals surface area contributed by atoms with Crippen LogP contribution in [0, 0.1) is 5.92 Å². The van der Waals surface area contributed by atoms with E-state index in [-0.39, 0.29) is 0 Å². The lowest BCUT2D eigenvalue weighted by Crippen LogP contribution is -2.38. The molecule has 2 aliphatic rings. The van der Waals surface area contributed by atoms with Crippen molar-refractivity contribution in [2.24, 2.45) is 5.92 Å². The Kier molecular flexibility index (Phi) is 3.99. The Labute approximate surface area is 122 Å². The Hall–Kier alpha value is -1.06. The largest absolute Gasteiger partial charge is 0.399 e. The zero-order valence-electron chi connectivity index (χ0n) is 12.8. The molecule has 0 aromatic heterocycles. The molecule has 1 aromatic carbocycles. The van der Waals surface area contributed by atoms with Crippen LogP contribution in [-0.2, 0) is 6.42 Å². The van der Waals surface area contributed by atoms with Crippen molar-refractivity contribution in [1.82, 2.24) is 9.80 Å². The van der Waals surface area contributed by atoms with E-state index in [4.69, 9.17) is 5.73 Å². The maximum absolute atomic E-state index is 5.90. The van der Waals surface area contributed by atoms with Gasteiger partial charge in [-0.1, -0.05) is 6.07 Å². The molecule has 1 heterocycles. The maximum atomic E-state index is 5.90. The smallest absolute Gasteiger partial charge is 0.0354 e. The number of hydrogen-bond donors (Lipinski definition) is 1. The third-order valence-electron chi connectivity index (χ3n) is 4.93. The summed E-state index contributed by atoms with van der Waals surface area (Å²) in [5, 5.41) is 0. The van der Waals surface area contributed by atoms with Gasteiger partial charge in [0.1, 0.15) is 0 Å². The molecule has 1 saturated heterocycles. The molecule has 0 saturated carbocycles. The molecule has 1 atom stereocenters. The minimum Gasteiger partial charge on any atom is -0.399 e. The Morgan fingerprint density at radius 2 is 1.95 bits per heavy atom. The van der Waals surface area contributed by atoms with Gasteiger partial charge in [-0.25, -0.2) is 0 Å². The minimum absolute atomic E-state index is 0.644. The fourth-order valence-electron chi connectivity index (χ4n) is 3.96. The van der Waals surface area contributed by atoms with Crippen molar-refractivity contribution in [3.05, 3.63) is 29.3 Å². The molecule has 0 amide bonds. The molecule has 20 heavy (non-hydrogen) atoms. The number of benzene rings is 1. The highest BCUT2D eigenvalue weighted by Gasteiger charge is 2.30. The Morgan fingerprint density at radius 1 is 1.20 bits per heavy atom. The summed E-state index contributed by atoms with van der Waals surface area (Å²) in [4.78, 5) is 5.03. The molecular formula is C17H27N3. The Morgan fingerprint density at radius 3 is 2.65 bits per heavy atom. The first-order valence-corrected chi connectivity index (χ1v) is 7.90. The van der Waals surface area contributed by atoms with E-state index < -0.39 is 0 Å². The molecule has 0 spiro atoms. The van der Waals surface area contributed by atoms with Crippen molar-refractivity contribution in [3.63, 3.8) is 0 Å². The number of fused-ring (bicyclic) bond motifs is 1. The second kappa shape index (κ2) is 5.74. The van der Waals surface area contributed by atoms with Crippen molar-refractivity contribution >= 4 is 5.69 Å². The average molecular weight is 273 g/mol. The van der Waals surface area contributed by atoms with Crippen molar-refractivity contribution in [3.8, 4) is 0 Å². The van der Waals surface area contributed by atoms with Crippen molar-refractivity contribution in [2.75, 3.05) is 39.5 Å². The van der Waals surface area contributed by atoms with Gasteiger partial charge < -0.3 is 10.6 Å². The second-order valence-electron chi connectivity index (χ2n) is 6.75. The first-order chi connectivity index (χ1) is 9.63. The molecular weight excluding hydrogens is 246 g/mol. The summed E-state index contributed by atoms with van der Waals surface area (Å²) in [5.74, 6) is 0.883. The molecule has 1 aliphatic heterocycles. The van der Waals surface area contributed by atoms with Crippen LogP contribution in [0.1, 0.15) is 36.4 Å². The predicted molar refractivity (Wildman–Crippen MR) is 84.8 cm³/mol. The molecule has 3 nitrogen and oxygen atoms in total. The first kappa shape index (κ1) is 13.9. The Balaban J connectivity index is 1.63. The number of nitrogens with zero attached hydrogens (tertiary/aromatic N) is 2. The molecule has 1 aliphatic carbocycles. The zero-order valence-corrected chi connectivity index (χ0v) is 12.8. The molecule has 1 aromatic rings. The van der Waals surface area contributed by atoms with Gasteiger partial charge in [0.2, 0.25) is 0 Å². The summed E-state index contributed by atoms with van der Waals surface area (Å²) in [6.45, 7) is 3.76. The highest BCUT2D eigenvalue weighted by atomic mass is 15.2. The summed E-state index contributed by atoms with van der Waals surface area (Å²) in [5.41, 5.74) is 9.82. The number of anilines is 1. The van der Waals surface area contributed by atoms with Crippen LogP contribution in [0.25, 0.3) is 0 Å². The van der Waals surface area contributed by atoms with Crippen LogP contribution in [0.2, 0.25) is 0 Å². The number of hydrogen-bond acceptors (Lipinski definition) is 3. The maximum Gasteiger partial charge on any atom is 0.0354 e. The van der Waals surface area contributed by atoms with Gasteiger partial charge in [-0.2, -0.15) is 0 Å². The van der Waals surface area contributed by atoms with E-state index in [1.807, 2.05) is 0 Å². The lowest BCUT2D eigenvalue weighted by molar-refractivity contribution is 0.119. The normalized spacial score (nSPS) is 24.2. The molecule has 3 rings (SSSR count). The van der Waals surface area contributed by atoms with Crippen LogP contribution in [0.5, 0.6) is 0 Å². The van der Waals surface area contributed by atoms with Crippen LogP contribution in [0.15, 0.2) is 18.2 Å². The summed E-state index contributed by atoms with van der Waals surface area (Å²) in [6.07, 6.45) is 5.16. The van der Waals surface area contributed by atoms with E-state index in [0.29, 0.717) is 6.04 Å². The molecule has 110 valence electrons. The average Bonchev–Trinajstić information content (AvgIpc) is 2.82. The van der Waals surface area contributed by atoms with Gasteiger partial charge >= 0.3 is 0 Å². The van der Waals surface area contributed by atoms with E-state index in [1.165, 1.54) is 56.4 Å². The van der Waals surface area contributed by atoms with Crippen LogP contribution < -0.4 is 5.73 Å². The quantitative estimate of drug-likeness (QED) is 0.859. The van der Waals surface area contributed by atoms with Crippen LogP contribution in [0.4, 0.5) is 5.69 Å². The molecule has 1 unspecified atom stereocenters. The third kappa shape index (κ3) is 2.84. The van der Waals surface area contributed by atoms with Gasteiger partial charge in [0, 0.05) is 18.3 Å². The lowest BCUT2D eigenvalue weighted by atomic mass is 9.94. The summed E-state index contributed by atoms with van der Waals surface area (Å²) in [7, 11) is 4.37. The SMILES string of the molecule is CN(C)CC1CCN(C2CCc3cc(N)ccc32)CC1. The second-order valence-corrected chi connectivity index (χ2v) is 6.75. The van der Waals surface area contributed by atoms with Gasteiger partial charge in [-0.05, 0) is 82.0 Å². The standard InChI is InChI=1S/C17H27N3/c1-19(2)12-13-7-9-20(10-8-13)17-6-3-14-11-15(18)4-5-16(14)17/h4-5,11,13,17H,3,6-10,12,18H2,1-2H3. The van der Waals surface area contributed by atoms with Gasteiger partial charge in [-0.3, -0.25) is 4.90 Å². The van der Waals surface area contributed by atoms with Crippen LogP contribution in [-0.4, -0.2) is 43.5 Å². The zero-order chi connectivity index (χ0) is 14.1. The third-order valence-corrected chi connectivity index (χ3v) is 4.93. The molecule has 3 heteroatoms. The van der Waals surface area contributed by atoms with Gasteiger partial charge in [0.15, 0.2) is 0 Å². The monoisotopic (exact) mass is 273 g/mol. The Bertz CT molecular complexity index is 461. The van der Waals surface area contributed by atoms with E-state index in [9.17, 15) is 0 Å². The van der Waals surface area contributed by atoms with Gasteiger partial charge in [0.25, 0.3) is 0 Å². The van der Waals surface area contributed by atoms with Gasteiger partial charge in [0.05, 0.1) is 0 Å². The fraction of sp³-hybridized carbons (Fsp3) is 0.647. The van der Waals surface area contributed by atoms with E-state index in [1.54, 1.807) is 0 Å². The van der Waals surface area contributed by atoms with Crippen molar-refractivity contribution in [2.45, 2.75) is 31.7 Å². The molecule has 2 N–H and O–H groups in total. The molecule has 0 bridgehead atoms.